The van der Waals surface area contributed by atoms with Gasteiger partial charge in [-0.1, -0.05) is 17.7 Å². The number of rotatable bonds is 1. The molecule has 0 saturated carbocycles. The van der Waals surface area contributed by atoms with E-state index in [4.69, 9.17) is 23.8 Å². The van der Waals surface area contributed by atoms with E-state index in [-0.39, 0.29) is 21.3 Å². The molecule has 0 amide bonds. The summed E-state index contributed by atoms with van der Waals surface area (Å²) in [4.78, 5) is 2.84. The Labute approximate surface area is 117 Å². The standard InChI is InChI=1S/C13H7ClF2N2S/c14-8-2-1-3-11(12(8)16)18-10-5-4-7(15)6-9(10)17-13(18)19/h1-6H,(H,17,19). The summed E-state index contributed by atoms with van der Waals surface area (Å²) in [7, 11) is 0. The highest BCUT2D eigenvalue weighted by atomic mass is 35.5. The molecule has 0 saturated heterocycles. The van der Waals surface area contributed by atoms with Crippen molar-refractivity contribution in [3.05, 3.63) is 57.8 Å². The van der Waals surface area contributed by atoms with Gasteiger partial charge in [0.05, 0.1) is 21.7 Å². The van der Waals surface area contributed by atoms with Crippen molar-refractivity contribution in [3.8, 4) is 5.69 Å². The van der Waals surface area contributed by atoms with Crippen molar-refractivity contribution in [2.45, 2.75) is 0 Å². The first-order valence-corrected chi connectivity index (χ1v) is 6.21. The summed E-state index contributed by atoms with van der Waals surface area (Å²) in [5, 5.41) is 0.0101. The van der Waals surface area contributed by atoms with Crippen molar-refractivity contribution in [2.75, 3.05) is 0 Å². The molecule has 19 heavy (non-hydrogen) atoms. The fraction of sp³-hybridized carbons (Fsp3) is 0. The Morgan fingerprint density at radius 3 is 2.74 bits per heavy atom. The normalized spacial score (nSPS) is 11.1. The molecular weight excluding hydrogens is 290 g/mol. The van der Waals surface area contributed by atoms with Crippen LogP contribution in [0.4, 0.5) is 8.78 Å². The topological polar surface area (TPSA) is 20.7 Å². The number of nitrogens with one attached hydrogen (secondary N) is 1. The predicted molar refractivity (Wildman–Crippen MR) is 73.4 cm³/mol. The zero-order valence-electron chi connectivity index (χ0n) is 9.45. The quantitative estimate of drug-likeness (QED) is 0.650. The molecule has 0 aliphatic heterocycles. The lowest BCUT2D eigenvalue weighted by Gasteiger charge is -2.06. The monoisotopic (exact) mass is 296 g/mol. The minimum atomic E-state index is -0.564. The van der Waals surface area contributed by atoms with Crippen LogP contribution in [0.25, 0.3) is 16.7 Å². The number of benzene rings is 2. The molecule has 0 unspecified atom stereocenters. The second-order valence-electron chi connectivity index (χ2n) is 4.00. The van der Waals surface area contributed by atoms with Gasteiger partial charge >= 0.3 is 0 Å². The lowest BCUT2D eigenvalue weighted by Crippen LogP contribution is -1.98. The molecule has 2 nitrogen and oxygen atoms in total. The van der Waals surface area contributed by atoms with Gasteiger partial charge in [-0.3, -0.25) is 4.57 Å². The molecule has 0 spiro atoms. The maximum absolute atomic E-state index is 14.1. The Kier molecular flexibility index (Phi) is 2.88. The average Bonchev–Trinajstić information content (AvgIpc) is 2.68. The van der Waals surface area contributed by atoms with E-state index in [1.54, 1.807) is 12.1 Å². The molecule has 1 heterocycles. The van der Waals surface area contributed by atoms with Crippen LogP contribution in [-0.4, -0.2) is 9.55 Å². The summed E-state index contributed by atoms with van der Waals surface area (Å²) in [6.45, 7) is 0. The number of H-pyrrole nitrogens is 1. The molecule has 1 aromatic heterocycles. The van der Waals surface area contributed by atoms with Crippen LogP contribution in [0.3, 0.4) is 0 Å². The molecule has 3 rings (SSSR count). The minimum Gasteiger partial charge on any atom is -0.330 e. The van der Waals surface area contributed by atoms with Gasteiger partial charge in [-0.2, -0.15) is 0 Å². The third-order valence-electron chi connectivity index (χ3n) is 2.82. The molecule has 0 aliphatic rings. The minimum absolute atomic E-state index is 0.0101. The fourth-order valence-electron chi connectivity index (χ4n) is 1.99. The van der Waals surface area contributed by atoms with Crippen molar-refractivity contribution in [1.82, 2.24) is 9.55 Å². The van der Waals surface area contributed by atoms with Gasteiger partial charge in [0.15, 0.2) is 10.6 Å². The van der Waals surface area contributed by atoms with Crippen LogP contribution >= 0.6 is 23.8 Å². The van der Waals surface area contributed by atoms with E-state index in [2.05, 4.69) is 4.98 Å². The van der Waals surface area contributed by atoms with Crippen LogP contribution in [-0.2, 0) is 0 Å². The van der Waals surface area contributed by atoms with E-state index >= 15 is 0 Å². The second-order valence-corrected chi connectivity index (χ2v) is 4.79. The van der Waals surface area contributed by atoms with Crippen LogP contribution in [0.15, 0.2) is 36.4 Å². The van der Waals surface area contributed by atoms with Crippen LogP contribution in [0.1, 0.15) is 0 Å². The smallest absolute Gasteiger partial charge is 0.182 e. The maximum Gasteiger partial charge on any atom is 0.182 e. The third kappa shape index (κ3) is 1.95. The molecular formula is C13H7ClF2N2S. The largest absolute Gasteiger partial charge is 0.330 e. The molecule has 2 aromatic carbocycles. The van der Waals surface area contributed by atoms with E-state index < -0.39 is 5.82 Å². The number of fused-ring (bicyclic) bond motifs is 1. The van der Waals surface area contributed by atoms with Gasteiger partial charge in [-0.25, -0.2) is 8.78 Å². The number of imidazole rings is 1. The van der Waals surface area contributed by atoms with E-state index in [9.17, 15) is 8.78 Å². The Morgan fingerprint density at radius 2 is 1.95 bits per heavy atom. The molecule has 96 valence electrons. The highest BCUT2D eigenvalue weighted by Gasteiger charge is 2.13. The molecule has 0 bridgehead atoms. The number of halogens is 3. The summed E-state index contributed by atoms with van der Waals surface area (Å²) >= 11 is 10.9. The van der Waals surface area contributed by atoms with Crippen molar-refractivity contribution in [3.63, 3.8) is 0 Å². The van der Waals surface area contributed by atoms with Gasteiger partial charge < -0.3 is 4.98 Å². The zero-order valence-corrected chi connectivity index (χ0v) is 11.0. The Hall–Kier alpha value is -1.72. The highest BCUT2D eigenvalue weighted by Crippen LogP contribution is 2.25. The Balaban J connectivity index is 2.40. The van der Waals surface area contributed by atoms with Crippen LogP contribution < -0.4 is 0 Å². The van der Waals surface area contributed by atoms with Gasteiger partial charge in [-0.15, -0.1) is 0 Å². The SMILES string of the molecule is Fc1ccc2c(c1)[nH]c(=S)n2-c1cccc(Cl)c1F. The number of aromatic nitrogens is 2. The van der Waals surface area contributed by atoms with E-state index in [1.165, 1.54) is 28.8 Å². The van der Waals surface area contributed by atoms with Gasteiger partial charge in [0, 0.05) is 0 Å². The lowest BCUT2D eigenvalue weighted by atomic mass is 10.2. The van der Waals surface area contributed by atoms with Gasteiger partial charge in [-0.05, 0) is 42.5 Å². The molecule has 0 fully saturated rings. The van der Waals surface area contributed by atoms with Gasteiger partial charge in [0.1, 0.15) is 5.82 Å². The van der Waals surface area contributed by atoms with E-state index in [0.29, 0.717) is 11.0 Å². The summed E-state index contributed by atoms with van der Waals surface area (Å²) in [5.41, 5.74) is 1.33. The van der Waals surface area contributed by atoms with Crippen LogP contribution in [0, 0.1) is 16.4 Å². The maximum atomic E-state index is 14.1. The van der Waals surface area contributed by atoms with E-state index in [1.807, 2.05) is 0 Å². The second kappa shape index (κ2) is 4.43. The van der Waals surface area contributed by atoms with Crippen molar-refractivity contribution >= 4 is 34.9 Å². The van der Waals surface area contributed by atoms with Crippen molar-refractivity contribution in [1.29, 1.82) is 0 Å². The number of aromatic amines is 1. The van der Waals surface area contributed by atoms with Gasteiger partial charge in [0.2, 0.25) is 0 Å². The molecule has 3 aromatic rings. The van der Waals surface area contributed by atoms with E-state index in [0.717, 1.165) is 0 Å². The first-order valence-electron chi connectivity index (χ1n) is 5.42. The molecule has 0 aliphatic carbocycles. The van der Waals surface area contributed by atoms with Crippen LogP contribution in [0.2, 0.25) is 5.02 Å². The first-order chi connectivity index (χ1) is 9.08. The summed E-state index contributed by atoms with van der Waals surface area (Å²) in [6.07, 6.45) is 0. The first kappa shape index (κ1) is 12.3. The van der Waals surface area contributed by atoms with Crippen molar-refractivity contribution in [2.24, 2.45) is 0 Å². The summed E-state index contributed by atoms with van der Waals surface area (Å²) < 4.78 is 29.0. The molecule has 0 atom stereocenters. The lowest BCUT2D eigenvalue weighted by molar-refractivity contribution is 0.619. The molecule has 0 radical (unpaired) electrons. The zero-order chi connectivity index (χ0) is 13.6. The average molecular weight is 297 g/mol. The predicted octanol–water partition coefficient (Wildman–Crippen LogP) is 4.62. The van der Waals surface area contributed by atoms with Crippen LogP contribution in [0.5, 0.6) is 0 Å². The molecule has 6 heteroatoms. The Morgan fingerprint density at radius 1 is 1.16 bits per heavy atom. The number of hydrogen-bond acceptors (Lipinski definition) is 1. The summed E-state index contributed by atoms with van der Waals surface area (Å²) in [5.74, 6) is -0.951. The third-order valence-corrected chi connectivity index (χ3v) is 3.39. The fourth-order valence-corrected chi connectivity index (χ4v) is 2.46. The van der Waals surface area contributed by atoms with Gasteiger partial charge in [0.25, 0.3) is 0 Å². The number of nitrogens with zero attached hydrogens (tertiary/aromatic N) is 1. The Bertz CT molecular complexity index is 838. The number of hydrogen-bond donors (Lipinski definition) is 1. The summed E-state index contributed by atoms with van der Waals surface area (Å²) in [6, 6.07) is 8.79. The van der Waals surface area contributed by atoms with Crippen molar-refractivity contribution < 1.29 is 8.78 Å². The molecule has 1 N–H and O–H groups in total. The highest BCUT2D eigenvalue weighted by molar-refractivity contribution is 7.71.